The summed E-state index contributed by atoms with van der Waals surface area (Å²) in [7, 11) is 0. The van der Waals surface area contributed by atoms with E-state index < -0.39 is 17.7 Å². The predicted octanol–water partition coefficient (Wildman–Crippen LogP) is 5.54. The molecular formula is C28H27ClF3N3O. The highest BCUT2D eigenvalue weighted by Crippen LogP contribution is 2.40. The average molecular weight is 514 g/mol. The van der Waals surface area contributed by atoms with Gasteiger partial charge in [-0.15, -0.1) is 0 Å². The number of hydrogen-bond donors (Lipinski definition) is 1. The highest BCUT2D eigenvalue weighted by atomic mass is 35.5. The zero-order chi connectivity index (χ0) is 25.3. The van der Waals surface area contributed by atoms with Crippen LogP contribution in [0, 0.1) is 5.92 Å². The molecular weight excluding hydrogens is 487 g/mol. The van der Waals surface area contributed by atoms with Crippen LogP contribution in [0.15, 0.2) is 72.8 Å². The van der Waals surface area contributed by atoms with E-state index in [2.05, 4.69) is 15.1 Å². The SMILES string of the molecule is O=C(NCc1ccccc1)[C@H]1Cc2cc(C(F)(F)F)ccc2N2CCN(Cc3ccc(Cl)cc3)C[C@H]12. The fourth-order valence-electron chi connectivity index (χ4n) is 5.27. The second kappa shape index (κ2) is 10.1. The fraction of sp³-hybridized carbons (Fsp3) is 0.321. The van der Waals surface area contributed by atoms with Crippen LogP contribution in [0.2, 0.25) is 5.02 Å². The molecule has 2 heterocycles. The molecule has 0 radical (unpaired) electrons. The number of anilines is 1. The van der Waals surface area contributed by atoms with Crippen molar-refractivity contribution in [3.63, 3.8) is 0 Å². The quantitative estimate of drug-likeness (QED) is 0.487. The van der Waals surface area contributed by atoms with E-state index in [1.807, 2.05) is 54.6 Å². The third-order valence-electron chi connectivity index (χ3n) is 7.09. The summed E-state index contributed by atoms with van der Waals surface area (Å²) >= 11 is 6.03. The molecule has 5 rings (SSSR count). The summed E-state index contributed by atoms with van der Waals surface area (Å²) in [6, 6.07) is 21.1. The number of piperazine rings is 1. The van der Waals surface area contributed by atoms with Crippen molar-refractivity contribution < 1.29 is 18.0 Å². The third kappa shape index (κ3) is 5.37. The Morgan fingerprint density at radius 1 is 0.972 bits per heavy atom. The van der Waals surface area contributed by atoms with Crippen molar-refractivity contribution in [1.82, 2.24) is 10.2 Å². The number of nitrogens with one attached hydrogen (secondary N) is 1. The van der Waals surface area contributed by atoms with Gasteiger partial charge < -0.3 is 10.2 Å². The molecule has 2 atom stereocenters. The molecule has 8 heteroatoms. The first kappa shape index (κ1) is 24.7. The van der Waals surface area contributed by atoms with Crippen LogP contribution in [-0.4, -0.2) is 36.5 Å². The van der Waals surface area contributed by atoms with E-state index in [-0.39, 0.29) is 18.4 Å². The number of rotatable bonds is 5. The van der Waals surface area contributed by atoms with Crippen LogP contribution in [0.4, 0.5) is 18.9 Å². The van der Waals surface area contributed by atoms with Gasteiger partial charge in [0.25, 0.3) is 0 Å². The summed E-state index contributed by atoms with van der Waals surface area (Å²) in [4.78, 5) is 17.9. The van der Waals surface area contributed by atoms with Crippen molar-refractivity contribution in [3.05, 3.63) is 100 Å². The number of alkyl halides is 3. The number of fused-ring (bicyclic) bond motifs is 3. The van der Waals surface area contributed by atoms with Gasteiger partial charge in [-0.1, -0.05) is 54.1 Å². The van der Waals surface area contributed by atoms with Gasteiger partial charge in [0, 0.05) is 43.4 Å². The second-order valence-corrected chi connectivity index (χ2v) is 9.91. The van der Waals surface area contributed by atoms with Crippen LogP contribution in [-0.2, 0) is 30.5 Å². The Morgan fingerprint density at radius 3 is 2.44 bits per heavy atom. The lowest BCUT2D eigenvalue weighted by molar-refractivity contribution is -0.137. The van der Waals surface area contributed by atoms with Gasteiger partial charge >= 0.3 is 6.18 Å². The lowest BCUT2D eigenvalue weighted by Crippen LogP contribution is -2.60. The van der Waals surface area contributed by atoms with Crippen molar-refractivity contribution in [2.45, 2.75) is 31.7 Å². The molecule has 4 nitrogen and oxygen atoms in total. The smallest absolute Gasteiger partial charge is 0.365 e. The Hall–Kier alpha value is -3.03. The molecule has 2 aliphatic rings. The number of amides is 1. The molecule has 0 spiro atoms. The van der Waals surface area contributed by atoms with Crippen LogP contribution in [0.1, 0.15) is 22.3 Å². The zero-order valence-corrected chi connectivity index (χ0v) is 20.4. The lowest BCUT2D eigenvalue weighted by Gasteiger charge is -2.49. The maximum atomic E-state index is 13.4. The summed E-state index contributed by atoms with van der Waals surface area (Å²) in [6.07, 6.45) is -4.15. The average Bonchev–Trinajstić information content (AvgIpc) is 2.88. The number of nitrogens with zero attached hydrogens (tertiary/aromatic N) is 2. The Morgan fingerprint density at radius 2 is 1.72 bits per heavy atom. The number of carbonyl (C=O) groups excluding carboxylic acids is 1. The van der Waals surface area contributed by atoms with Gasteiger partial charge in [0.05, 0.1) is 17.5 Å². The molecule has 0 unspecified atom stereocenters. The van der Waals surface area contributed by atoms with E-state index in [1.165, 1.54) is 6.07 Å². The van der Waals surface area contributed by atoms with Crippen LogP contribution < -0.4 is 10.2 Å². The third-order valence-corrected chi connectivity index (χ3v) is 7.34. The van der Waals surface area contributed by atoms with E-state index in [1.54, 1.807) is 6.07 Å². The van der Waals surface area contributed by atoms with Gasteiger partial charge in [0.1, 0.15) is 0 Å². The maximum Gasteiger partial charge on any atom is 0.416 e. The van der Waals surface area contributed by atoms with Gasteiger partial charge in [-0.2, -0.15) is 13.2 Å². The lowest BCUT2D eigenvalue weighted by atomic mass is 9.82. The molecule has 1 saturated heterocycles. The Bertz CT molecular complexity index is 1220. The molecule has 1 amide bonds. The second-order valence-electron chi connectivity index (χ2n) is 9.48. The highest BCUT2D eigenvalue weighted by Gasteiger charge is 2.42. The summed E-state index contributed by atoms with van der Waals surface area (Å²) in [6.45, 7) is 3.14. The number of benzene rings is 3. The molecule has 2 aliphatic heterocycles. The Labute approximate surface area is 213 Å². The van der Waals surface area contributed by atoms with Gasteiger partial charge in [-0.25, -0.2) is 0 Å². The Kier molecular flexibility index (Phi) is 6.95. The summed E-state index contributed by atoms with van der Waals surface area (Å²) in [5, 5.41) is 3.71. The van der Waals surface area contributed by atoms with Gasteiger partial charge in [-0.05, 0) is 53.4 Å². The van der Waals surface area contributed by atoms with Crippen LogP contribution in [0.25, 0.3) is 0 Å². The van der Waals surface area contributed by atoms with Crippen LogP contribution in [0.3, 0.4) is 0 Å². The normalized spacial score (nSPS) is 19.9. The van der Waals surface area contributed by atoms with E-state index in [0.717, 1.165) is 36.0 Å². The van der Waals surface area contributed by atoms with E-state index in [4.69, 9.17) is 11.6 Å². The van der Waals surface area contributed by atoms with Crippen LogP contribution >= 0.6 is 11.6 Å². The summed E-state index contributed by atoms with van der Waals surface area (Å²) in [5.41, 5.74) is 2.80. The molecule has 0 aromatic heterocycles. The zero-order valence-electron chi connectivity index (χ0n) is 19.6. The molecule has 188 valence electrons. The fourth-order valence-corrected chi connectivity index (χ4v) is 5.39. The topological polar surface area (TPSA) is 35.6 Å². The largest absolute Gasteiger partial charge is 0.416 e. The molecule has 1 fully saturated rings. The molecule has 1 N–H and O–H groups in total. The van der Waals surface area contributed by atoms with Crippen molar-refractivity contribution in [2.75, 3.05) is 24.5 Å². The first-order valence-corrected chi connectivity index (χ1v) is 12.4. The molecule has 3 aromatic rings. The molecule has 0 saturated carbocycles. The van der Waals surface area contributed by atoms with Gasteiger partial charge in [-0.3, -0.25) is 9.69 Å². The van der Waals surface area contributed by atoms with Crippen molar-refractivity contribution in [2.24, 2.45) is 5.92 Å². The van der Waals surface area contributed by atoms with Gasteiger partial charge in [0.15, 0.2) is 0 Å². The number of hydrogen-bond acceptors (Lipinski definition) is 3. The molecule has 36 heavy (non-hydrogen) atoms. The summed E-state index contributed by atoms with van der Waals surface area (Å²) in [5.74, 6) is -0.594. The number of halogens is 4. The minimum atomic E-state index is -4.42. The first-order valence-electron chi connectivity index (χ1n) is 12.0. The van der Waals surface area contributed by atoms with Crippen molar-refractivity contribution in [1.29, 1.82) is 0 Å². The van der Waals surface area contributed by atoms with E-state index in [9.17, 15) is 18.0 Å². The Balaban J connectivity index is 1.40. The van der Waals surface area contributed by atoms with E-state index >= 15 is 0 Å². The highest BCUT2D eigenvalue weighted by molar-refractivity contribution is 6.30. The van der Waals surface area contributed by atoms with Crippen molar-refractivity contribution >= 4 is 23.2 Å². The van der Waals surface area contributed by atoms with Crippen LogP contribution in [0.5, 0.6) is 0 Å². The first-order chi connectivity index (χ1) is 17.3. The monoisotopic (exact) mass is 513 g/mol. The minimum absolute atomic E-state index is 0.133. The van der Waals surface area contributed by atoms with Crippen molar-refractivity contribution in [3.8, 4) is 0 Å². The number of carbonyl (C=O) groups is 1. The molecule has 0 aliphatic carbocycles. The summed E-state index contributed by atoms with van der Waals surface area (Å²) < 4.78 is 40.3. The standard InChI is InChI=1S/C28H27ClF3N3O/c29-23-9-6-20(7-10-23)17-34-12-13-35-25-11-8-22(28(30,31)32)14-21(25)15-24(26(35)18-34)27(36)33-16-19-4-2-1-3-5-19/h1-11,14,24,26H,12-13,15-18H2,(H,33,36)/t24-,26+/m0/s1. The minimum Gasteiger partial charge on any atom is -0.365 e. The molecule has 0 bridgehead atoms. The van der Waals surface area contributed by atoms with Gasteiger partial charge in [0.2, 0.25) is 5.91 Å². The predicted molar refractivity (Wildman–Crippen MR) is 135 cm³/mol. The molecule has 3 aromatic carbocycles. The maximum absolute atomic E-state index is 13.4. The van der Waals surface area contributed by atoms with E-state index in [0.29, 0.717) is 30.2 Å².